The lowest BCUT2D eigenvalue weighted by molar-refractivity contribution is 0.0719. The number of pyridine rings is 1. The molecule has 0 atom stereocenters. The molecule has 0 bridgehead atoms. The Morgan fingerprint density at radius 1 is 1.25 bits per heavy atom. The molecule has 8 heteroatoms. The van der Waals surface area contributed by atoms with Gasteiger partial charge in [-0.3, -0.25) is 0 Å². The highest BCUT2D eigenvalue weighted by molar-refractivity contribution is 7.89. The van der Waals surface area contributed by atoms with Crippen molar-refractivity contribution >= 4 is 21.6 Å². The maximum absolute atomic E-state index is 12.7. The molecule has 1 aromatic carbocycles. The Kier molecular flexibility index (Phi) is 4.93. The molecule has 1 aromatic heterocycles. The second-order valence-corrected chi connectivity index (χ2v) is 7.60. The fourth-order valence-corrected chi connectivity index (χ4v) is 4.10. The summed E-state index contributed by atoms with van der Waals surface area (Å²) in [6.07, 6.45) is 1.26. The van der Waals surface area contributed by atoms with Gasteiger partial charge in [0, 0.05) is 12.3 Å². The van der Waals surface area contributed by atoms with Gasteiger partial charge in [-0.15, -0.1) is 0 Å². The minimum absolute atomic E-state index is 0.176. The molecule has 0 radical (unpaired) electrons. The lowest BCUT2D eigenvalue weighted by Crippen LogP contribution is -2.56. The van der Waals surface area contributed by atoms with Gasteiger partial charge in [0.05, 0.1) is 24.7 Å². The predicted molar refractivity (Wildman–Crippen MR) is 90.0 cm³/mol. The molecule has 3 rings (SSSR count). The van der Waals surface area contributed by atoms with Crippen molar-refractivity contribution in [1.29, 1.82) is 0 Å². The summed E-state index contributed by atoms with van der Waals surface area (Å²) in [5.41, 5.74) is 0. The van der Waals surface area contributed by atoms with E-state index >= 15 is 0 Å². The van der Waals surface area contributed by atoms with Gasteiger partial charge < -0.3 is 9.47 Å². The third kappa shape index (κ3) is 3.48. The van der Waals surface area contributed by atoms with Gasteiger partial charge in [-0.05, 0) is 25.1 Å². The second-order valence-electron chi connectivity index (χ2n) is 5.26. The Morgan fingerprint density at radius 3 is 2.67 bits per heavy atom. The molecule has 24 heavy (non-hydrogen) atoms. The van der Waals surface area contributed by atoms with Crippen molar-refractivity contribution in [2.24, 2.45) is 0 Å². The van der Waals surface area contributed by atoms with Gasteiger partial charge in [0.15, 0.2) is 0 Å². The Labute approximate surface area is 146 Å². The largest absolute Gasteiger partial charge is 0.492 e. The average molecular weight is 369 g/mol. The summed E-state index contributed by atoms with van der Waals surface area (Å²) >= 11 is 5.77. The van der Waals surface area contributed by atoms with E-state index in [-0.39, 0.29) is 24.1 Å². The van der Waals surface area contributed by atoms with Crippen LogP contribution in [-0.4, -0.2) is 43.5 Å². The number of benzene rings is 1. The summed E-state index contributed by atoms with van der Waals surface area (Å²) in [6.45, 7) is 2.76. The van der Waals surface area contributed by atoms with Crippen LogP contribution in [0.4, 0.5) is 0 Å². The molecule has 2 heterocycles. The summed E-state index contributed by atoms with van der Waals surface area (Å²) < 4.78 is 37.8. The highest BCUT2D eigenvalue weighted by Crippen LogP contribution is 2.30. The van der Waals surface area contributed by atoms with Gasteiger partial charge >= 0.3 is 0 Å². The van der Waals surface area contributed by atoms with E-state index in [1.165, 1.54) is 10.5 Å². The highest BCUT2D eigenvalue weighted by Gasteiger charge is 2.39. The summed E-state index contributed by atoms with van der Waals surface area (Å²) in [7, 11) is -3.60. The molecule has 1 saturated heterocycles. The lowest BCUT2D eigenvalue weighted by atomic mass is 10.2. The van der Waals surface area contributed by atoms with Crippen LogP contribution in [-0.2, 0) is 10.0 Å². The van der Waals surface area contributed by atoms with Crippen molar-refractivity contribution in [1.82, 2.24) is 9.29 Å². The number of hydrogen-bond donors (Lipinski definition) is 0. The van der Waals surface area contributed by atoms with Gasteiger partial charge in [0.1, 0.15) is 16.7 Å². The summed E-state index contributed by atoms with van der Waals surface area (Å²) in [6, 6.07) is 9.97. The molecule has 128 valence electrons. The van der Waals surface area contributed by atoms with Crippen LogP contribution in [0.1, 0.15) is 6.92 Å². The molecule has 0 saturated carbocycles. The predicted octanol–water partition coefficient (Wildman–Crippen LogP) is 2.59. The van der Waals surface area contributed by atoms with Crippen LogP contribution >= 0.6 is 11.6 Å². The number of ether oxygens (including phenoxy) is 2. The zero-order chi connectivity index (χ0) is 17.2. The van der Waals surface area contributed by atoms with Crippen LogP contribution in [0, 0.1) is 0 Å². The van der Waals surface area contributed by atoms with Crippen molar-refractivity contribution in [3.63, 3.8) is 0 Å². The Balaban J connectivity index is 1.67. The van der Waals surface area contributed by atoms with E-state index < -0.39 is 10.0 Å². The molecule has 1 aliphatic heterocycles. The zero-order valence-corrected chi connectivity index (χ0v) is 14.6. The molecule has 0 N–H and O–H groups in total. The second kappa shape index (κ2) is 6.96. The van der Waals surface area contributed by atoms with Crippen LogP contribution in [0.15, 0.2) is 47.5 Å². The van der Waals surface area contributed by atoms with E-state index in [4.69, 9.17) is 21.1 Å². The van der Waals surface area contributed by atoms with Gasteiger partial charge in [-0.2, -0.15) is 4.31 Å². The molecule has 6 nitrogen and oxygen atoms in total. The number of hydrogen-bond acceptors (Lipinski definition) is 5. The summed E-state index contributed by atoms with van der Waals surface area (Å²) in [5.74, 6) is 0.792. The number of nitrogens with zero attached hydrogens (tertiary/aromatic N) is 2. The first-order valence-corrected chi connectivity index (χ1v) is 9.32. The molecule has 0 amide bonds. The molecule has 2 aromatic rings. The first-order chi connectivity index (χ1) is 11.5. The van der Waals surface area contributed by atoms with Crippen molar-refractivity contribution in [2.45, 2.75) is 17.9 Å². The Morgan fingerprint density at radius 2 is 2.00 bits per heavy atom. The number of halogens is 1. The monoisotopic (exact) mass is 368 g/mol. The van der Waals surface area contributed by atoms with E-state index in [9.17, 15) is 8.42 Å². The van der Waals surface area contributed by atoms with Crippen molar-refractivity contribution < 1.29 is 17.9 Å². The zero-order valence-electron chi connectivity index (χ0n) is 13.1. The van der Waals surface area contributed by atoms with Crippen LogP contribution < -0.4 is 9.47 Å². The average Bonchev–Trinajstić information content (AvgIpc) is 2.53. The van der Waals surface area contributed by atoms with E-state index in [1.807, 2.05) is 6.92 Å². The molecule has 0 aliphatic carbocycles. The molecular formula is C16H17ClN2O4S. The normalized spacial score (nSPS) is 15.8. The Bertz CT molecular complexity index is 805. The number of para-hydroxylation sites is 1. The number of rotatable bonds is 6. The van der Waals surface area contributed by atoms with Crippen molar-refractivity contribution in [3.8, 4) is 11.6 Å². The van der Waals surface area contributed by atoms with Gasteiger partial charge in [0.25, 0.3) is 0 Å². The molecule has 1 aliphatic rings. The van der Waals surface area contributed by atoms with Crippen molar-refractivity contribution in [3.05, 3.63) is 47.6 Å². The first-order valence-electron chi connectivity index (χ1n) is 7.51. The molecule has 0 spiro atoms. The lowest BCUT2D eigenvalue weighted by Gasteiger charge is -2.37. The molecule has 1 fully saturated rings. The number of sulfonamides is 1. The maximum atomic E-state index is 12.7. The topological polar surface area (TPSA) is 68.7 Å². The van der Waals surface area contributed by atoms with Crippen LogP contribution in [0.5, 0.6) is 11.6 Å². The van der Waals surface area contributed by atoms with Crippen LogP contribution in [0.25, 0.3) is 0 Å². The minimum Gasteiger partial charge on any atom is -0.492 e. The van der Waals surface area contributed by atoms with Gasteiger partial charge in [0.2, 0.25) is 15.9 Å². The van der Waals surface area contributed by atoms with E-state index in [0.717, 1.165) is 0 Å². The smallest absolute Gasteiger partial charge is 0.247 e. The quantitative estimate of drug-likeness (QED) is 0.783. The third-order valence-electron chi connectivity index (χ3n) is 3.57. The van der Waals surface area contributed by atoms with E-state index in [0.29, 0.717) is 23.3 Å². The molecular weight excluding hydrogens is 352 g/mol. The summed E-state index contributed by atoms with van der Waals surface area (Å²) in [4.78, 5) is 4.22. The SMILES string of the molecule is CCOc1ccccc1S(=O)(=O)N1CC(Oc2ccc(Cl)cn2)C1. The summed E-state index contributed by atoms with van der Waals surface area (Å²) in [5, 5.41) is 0.521. The third-order valence-corrected chi connectivity index (χ3v) is 5.66. The van der Waals surface area contributed by atoms with Gasteiger partial charge in [-0.25, -0.2) is 13.4 Å². The van der Waals surface area contributed by atoms with E-state index in [1.54, 1.807) is 36.4 Å². The fraction of sp³-hybridized carbons (Fsp3) is 0.312. The van der Waals surface area contributed by atoms with Crippen molar-refractivity contribution in [2.75, 3.05) is 19.7 Å². The Hall–Kier alpha value is -1.83. The standard InChI is InChI=1S/C16H17ClN2O4S/c1-2-22-14-5-3-4-6-15(14)24(20,21)19-10-13(11-19)23-16-8-7-12(17)9-18-16/h3-9,13H,2,10-11H2,1H3. The minimum atomic E-state index is -3.60. The first kappa shape index (κ1) is 17.0. The number of aromatic nitrogens is 1. The van der Waals surface area contributed by atoms with Gasteiger partial charge in [-0.1, -0.05) is 23.7 Å². The van der Waals surface area contributed by atoms with E-state index in [2.05, 4.69) is 4.98 Å². The maximum Gasteiger partial charge on any atom is 0.247 e. The fourth-order valence-electron chi connectivity index (χ4n) is 2.35. The highest BCUT2D eigenvalue weighted by atomic mass is 35.5. The van der Waals surface area contributed by atoms with Crippen LogP contribution in [0.2, 0.25) is 5.02 Å². The van der Waals surface area contributed by atoms with Crippen LogP contribution in [0.3, 0.4) is 0 Å². The molecule has 0 unspecified atom stereocenters.